The van der Waals surface area contributed by atoms with Crippen LogP contribution in [-0.2, 0) is 0 Å². The van der Waals surface area contributed by atoms with Crippen LogP contribution in [0, 0.1) is 12.7 Å². The first-order valence-corrected chi connectivity index (χ1v) is 6.74. The summed E-state index contributed by atoms with van der Waals surface area (Å²) >= 11 is 1.51. The highest BCUT2D eigenvalue weighted by molar-refractivity contribution is 7.14. The van der Waals surface area contributed by atoms with E-state index in [2.05, 4.69) is 22.4 Å². The summed E-state index contributed by atoms with van der Waals surface area (Å²) in [7, 11) is 1.90. The van der Waals surface area contributed by atoms with Crippen molar-refractivity contribution in [1.82, 2.24) is 15.5 Å². The fraction of sp³-hybridized carbons (Fsp3) is 0.385. The Hall–Kier alpha value is -1.33. The van der Waals surface area contributed by atoms with Crippen LogP contribution in [0.2, 0.25) is 0 Å². The zero-order valence-electron chi connectivity index (χ0n) is 10.7. The molecule has 0 fully saturated rings. The maximum Gasteiger partial charge on any atom is 0.147 e. The summed E-state index contributed by atoms with van der Waals surface area (Å²) in [5, 5.41) is 13.2. The van der Waals surface area contributed by atoms with E-state index < -0.39 is 0 Å². The topological polar surface area (TPSA) is 37.8 Å². The van der Waals surface area contributed by atoms with Crippen molar-refractivity contribution in [1.29, 1.82) is 0 Å². The molecule has 1 aromatic carbocycles. The zero-order valence-corrected chi connectivity index (χ0v) is 11.5. The lowest BCUT2D eigenvalue weighted by Crippen LogP contribution is -2.14. The molecule has 0 spiro atoms. The quantitative estimate of drug-likeness (QED) is 0.921. The molecule has 0 saturated heterocycles. The summed E-state index contributed by atoms with van der Waals surface area (Å²) in [6, 6.07) is 5.37. The van der Waals surface area contributed by atoms with Crippen LogP contribution in [0.15, 0.2) is 18.2 Å². The second-order valence-electron chi connectivity index (χ2n) is 4.16. The Morgan fingerprint density at radius 1 is 1.39 bits per heavy atom. The minimum Gasteiger partial charge on any atom is -0.311 e. The lowest BCUT2D eigenvalue weighted by molar-refractivity contribution is 0.568. The standard InChI is InChI=1S/C13H16FN3S/c1-4-11(15-3)13-17-16-12(18-13)9-6-5-8(2)10(14)7-9/h5-7,11,15H,4H2,1-3H3. The molecule has 0 bridgehead atoms. The van der Waals surface area contributed by atoms with Crippen molar-refractivity contribution in [3.05, 3.63) is 34.6 Å². The molecule has 0 radical (unpaired) electrons. The summed E-state index contributed by atoms with van der Waals surface area (Å²) in [5.74, 6) is -0.204. The SMILES string of the molecule is CCC(NC)c1nnc(-c2ccc(C)c(F)c2)s1. The molecule has 1 heterocycles. The number of hydrogen-bond acceptors (Lipinski definition) is 4. The Morgan fingerprint density at radius 2 is 2.17 bits per heavy atom. The van der Waals surface area contributed by atoms with E-state index in [-0.39, 0.29) is 11.9 Å². The normalized spacial score (nSPS) is 12.7. The molecule has 1 N–H and O–H groups in total. The Balaban J connectivity index is 2.31. The van der Waals surface area contributed by atoms with Crippen LogP contribution in [0.25, 0.3) is 10.6 Å². The van der Waals surface area contributed by atoms with Crippen LogP contribution >= 0.6 is 11.3 Å². The van der Waals surface area contributed by atoms with Crippen LogP contribution in [0.1, 0.15) is 30.0 Å². The molecule has 2 rings (SSSR count). The average Bonchev–Trinajstić information content (AvgIpc) is 2.84. The minimum absolute atomic E-state index is 0.204. The van der Waals surface area contributed by atoms with Gasteiger partial charge in [0, 0.05) is 5.56 Å². The predicted octanol–water partition coefficient (Wildman–Crippen LogP) is 3.32. The number of hydrogen-bond donors (Lipinski definition) is 1. The molecule has 96 valence electrons. The minimum atomic E-state index is -0.204. The average molecular weight is 265 g/mol. The molecule has 0 aliphatic carbocycles. The molecule has 3 nitrogen and oxygen atoms in total. The van der Waals surface area contributed by atoms with Crippen molar-refractivity contribution in [3.63, 3.8) is 0 Å². The van der Waals surface area contributed by atoms with Crippen LogP contribution in [0.4, 0.5) is 4.39 Å². The third kappa shape index (κ3) is 2.57. The Bertz CT molecular complexity index is 535. The van der Waals surface area contributed by atoms with Gasteiger partial charge in [-0.1, -0.05) is 30.4 Å². The molecular weight excluding hydrogens is 249 g/mol. The van der Waals surface area contributed by atoms with E-state index >= 15 is 0 Å². The molecule has 0 aliphatic heterocycles. The molecule has 0 aliphatic rings. The lowest BCUT2D eigenvalue weighted by Gasteiger charge is -2.08. The summed E-state index contributed by atoms with van der Waals surface area (Å²) < 4.78 is 13.5. The molecule has 5 heteroatoms. The van der Waals surface area contributed by atoms with Gasteiger partial charge in [0.1, 0.15) is 15.8 Å². The van der Waals surface area contributed by atoms with E-state index in [1.165, 1.54) is 17.4 Å². The van der Waals surface area contributed by atoms with Gasteiger partial charge >= 0.3 is 0 Å². The van der Waals surface area contributed by atoms with Crippen LogP contribution in [-0.4, -0.2) is 17.2 Å². The van der Waals surface area contributed by atoms with Crippen molar-refractivity contribution in [2.75, 3.05) is 7.05 Å². The van der Waals surface area contributed by atoms with Gasteiger partial charge in [0.05, 0.1) is 6.04 Å². The molecule has 2 aromatic rings. The van der Waals surface area contributed by atoms with Gasteiger partial charge in [0.25, 0.3) is 0 Å². The molecular formula is C13H16FN3S. The summed E-state index contributed by atoms with van der Waals surface area (Å²) in [6.45, 7) is 3.84. The van der Waals surface area contributed by atoms with Crippen LogP contribution in [0.3, 0.4) is 0 Å². The first kappa shape index (κ1) is 13.1. The maximum atomic E-state index is 13.5. The van der Waals surface area contributed by atoms with Crippen molar-refractivity contribution >= 4 is 11.3 Å². The van der Waals surface area contributed by atoms with E-state index in [1.807, 2.05) is 13.1 Å². The predicted molar refractivity (Wildman–Crippen MR) is 72.1 cm³/mol. The van der Waals surface area contributed by atoms with Gasteiger partial charge in [-0.15, -0.1) is 10.2 Å². The van der Waals surface area contributed by atoms with Crippen molar-refractivity contribution in [2.24, 2.45) is 0 Å². The second-order valence-corrected chi connectivity index (χ2v) is 5.17. The number of aromatic nitrogens is 2. The number of rotatable bonds is 4. The van der Waals surface area contributed by atoms with Crippen LogP contribution in [0.5, 0.6) is 0 Å². The molecule has 1 aromatic heterocycles. The van der Waals surface area contributed by atoms with Crippen molar-refractivity contribution in [3.8, 4) is 10.6 Å². The Labute approximate surface area is 110 Å². The van der Waals surface area contributed by atoms with Gasteiger partial charge in [0.15, 0.2) is 0 Å². The van der Waals surface area contributed by atoms with Gasteiger partial charge < -0.3 is 5.32 Å². The molecule has 1 unspecified atom stereocenters. The number of nitrogens with zero attached hydrogens (tertiary/aromatic N) is 2. The maximum absolute atomic E-state index is 13.5. The monoisotopic (exact) mass is 265 g/mol. The second kappa shape index (κ2) is 5.54. The third-order valence-electron chi connectivity index (χ3n) is 2.91. The number of nitrogens with one attached hydrogen (secondary N) is 1. The highest BCUT2D eigenvalue weighted by Gasteiger charge is 2.14. The van der Waals surface area contributed by atoms with Crippen molar-refractivity contribution < 1.29 is 4.39 Å². The van der Waals surface area contributed by atoms with Gasteiger partial charge in [0.2, 0.25) is 0 Å². The van der Waals surface area contributed by atoms with Gasteiger partial charge in [-0.3, -0.25) is 0 Å². The fourth-order valence-electron chi connectivity index (χ4n) is 1.72. The number of aryl methyl sites for hydroxylation is 1. The lowest BCUT2D eigenvalue weighted by atomic mass is 10.1. The van der Waals surface area contributed by atoms with E-state index in [0.717, 1.165) is 22.0 Å². The van der Waals surface area contributed by atoms with Gasteiger partial charge in [-0.2, -0.15) is 0 Å². The highest BCUT2D eigenvalue weighted by Crippen LogP contribution is 2.28. The van der Waals surface area contributed by atoms with E-state index in [4.69, 9.17) is 0 Å². The summed E-state index contributed by atoms with van der Waals surface area (Å²) in [5.41, 5.74) is 1.43. The van der Waals surface area contributed by atoms with Crippen LogP contribution < -0.4 is 5.32 Å². The first-order valence-electron chi connectivity index (χ1n) is 5.93. The van der Waals surface area contributed by atoms with Gasteiger partial charge in [-0.05, 0) is 32.0 Å². The molecule has 0 amide bonds. The van der Waals surface area contributed by atoms with Crippen molar-refractivity contribution in [2.45, 2.75) is 26.3 Å². The Kier molecular flexibility index (Phi) is 4.04. The fourth-order valence-corrected chi connectivity index (χ4v) is 2.75. The molecule has 18 heavy (non-hydrogen) atoms. The Morgan fingerprint density at radius 3 is 2.78 bits per heavy atom. The number of benzene rings is 1. The number of halogens is 1. The first-order chi connectivity index (χ1) is 8.65. The summed E-state index contributed by atoms with van der Waals surface area (Å²) in [6.07, 6.45) is 0.952. The van der Waals surface area contributed by atoms with E-state index in [1.54, 1.807) is 13.0 Å². The third-order valence-corrected chi connectivity index (χ3v) is 4.00. The smallest absolute Gasteiger partial charge is 0.147 e. The summed E-state index contributed by atoms with van der Waals surface area (Å²) in [4.78, 5) is 0. The molecule has 1 atom stereocenters. The molecule has 0 saturated carbocycles. The largest absolute Gasteiger partial charge is 0.311 e. The highest BCUT2D eigenvalue weighted by atomic mass is 32.1. The van der Waals surface area contributed by atoms with E-state index in [0.29, 0.717) is 5.56 Å². The zero-order chi connectivity index (χ0) is 13.1. The van der Waals surface area contributed by atoms with E-state index in [9.17, 15) is 4.39 Å². The van der Waals surface area contributed by atoms with Gasteiger partial charge in [-0.25, -0.2) is 4.39 Å².